The molecule has 3 aromatic rings. The van der Waals surface area contributed by atoms with E-state index < -0.39 is 28.5 Å². The summed E-state index contributed by atoms with van der Waals surface area (Å²) >= 11 is 18.7. The second kappa shape index (κ2) is 12.8. The Kier molecular flexibility index (Phi) is 10.1. The van der Waals surface area contributed by atoms with Gasteiger partial charge in [0.2, 0.25) is 11.8 Å². The third-order valence-corrected chi connectivity index (χ3v) is 8.91. The molecule has 0 saturated carbocycles. The summed E-state index contributed by atoms with van der Waals surface area (Å²) in [7, 11) is -2.73. The number of aryl methyl sites for hydroxylation is 1. The van der Waals surface area contributed by atoms with Crippen molar-refractivity contribution in [3.05, 3.63) is 92.9 Å². The fourth-order valence-corrected chi connectivity index (χ4v) is 5.80. The number of carbonyl (C=O) groups is 2. The van der Waals surface area contributed by atoms with Gasteiger partial charge in [0.05, 0.1) is 20.6 Å². The van der Waals surface area contributed by atoms with Crippen LogP contribution in [-0.2, 0) is 26.2 Å². The third-order valence-electron chi connectivity index (χ3n) is 6.01. The van der Waals surface area contributed by atoms with Crippen molar-refractivity contribution in [3.63, 3.8) is 0 Å². The molecule has 0 aliphatic rings. The molecule has 38 heavy (non-hydrogen) atoms. The Morgan fingerprint density at radius 2 is 1.58 bits per heavy atom. The fraction of sp³-hybridized carbons (Fsp3) is 0.259. The molecule has 1 N–H and O–H groups in total. The zero-order valence-corrected chi connectivity index (χ0v) is 24.2. The summed E-state index contributed by atoms with van der Waals surface area (Å²) in [4.78, 5) is 28.0. The van der Waals surface area contributed by atoms with Crippen molar-refractivity contribution >= 4 is 62.3 Å². The predicted molar refractivity (Wildman–Crippen MR) is 152 cm³/mol. The van der Waals surface area contributed by atoms with E-state index in [2.05, 4.69) is 5.32 Å². The van der Waals surface area contributed by atoms with Gasteiger partial charge < -0.3 is 10.2 Å². The first-order valence-electron chi connectivity index (χ1n) is 11.8. The molecule has 3 aromatic carbocycles. The number of rotatable bonds is 10. The van der Waals surface area contributed by atoms with Crippen LogP contribution in [0, 0.1) is 6.92 Å². The molecule has 0 unspecified atom stereocenters. The minimum Gasteiger partial charge on any atom is -0.357 e. The van der Waals surface area contributed by atoms with Gasteiger partial charge in [0, 0.05) is 18.6 Å². The minimum absolute atomic E-state index is 0.00188. The molecule has 0 heterocycles. The van der Waals surface area contributed by atoms with Crippen LogP contribution in [0.15, 0.2) is 71.6 Å². The minimum atomic E-state index is -4.21. The van der Waals surface area contributed by atoms with E-state index >= 15 is 0 Å². The summed E-state index contributed by atoms with van der Waals surface area (Å²) in [5, 5.41) is 3.37. The van der Waals surface area contributed by atoms with Crippen LogP contribution in [0.3, 0.4) is 0 Å². The highest BCUT2D eigenvalue weighted by Gasteiger charge is 2.33. The van der Waals surface area contributed by atoms with Gasteiger partial charge in [-0.15, -0.1) is 0 Å². The monoisotopic (exact) mass is 595 g/mol. The molecular formula is C27H28Cl3N3O4S. The van der Waals surface area contributed by atoms with Crippen LogP contribution in [0.1, 0.15) is 24.5 Å². The normalized spacial score (nSPS) is 12.1. The van der Waals surface area contributed by atoms with Crippen molar-refractivity contribution in [2.75, 3.05) is 17.9 Å². The van der Waals surface area contributed by atoms with Crippen LogP contribution in [0.5, 0.6) is 0 Å². The Labute approximate surface area is 238 Å². The van der Waals surface area contributed by atoms with Crippen LogP contribution in [0.2, 0.25) is 15.1 Å². The van der Waals surface area contributed by atoms with Crippen molar-refractivity contribution in [1.29, 1.82) is 0 Å². The Bertz CT molecular complexity index is 1420. The van der Waals surface area contributed by atoms with Crippen molar-refractivity contribution in [2.24, 2.45) is 0 Å². The summed E-state index contributed by atoms with van der Waals surface area (Å²) in [5.41, 5.74) is 1.65. The molecule has 202 valence electrons. The van der Waals surface area contributed by atoms with E-state index in [1.807, 2.05) is 6.92 Å². The average Bonchev–Trinajstić information content (AvgIpc) is 2.89. The van der Waals surface area contributed by atoms with Crippen LogP contribution in [-0.4, -0.2) is 44.8 Å². The highest BCUT2D eigenvalue weighted by atomic mass is 35.5. The van der Waals surface area contributed by atoms with E-state index in [1.165, 1.54) is 42.3 Å². The summed E-state index contributed by atoms with van der Waals surface area (Å²) < 4.78 is 28.6. The van der Waals surface area contributed by atoms with E-state index in [0.717, 1.165) is 9.87 Å². The quantitative estimate of drug-likeness (QED) is 0.325. The molecule has 0 fully saturated rings. The Hall–Kier alpha value is -2.78. The number of carbonyl (C=O) groups excluding carboxylic acids is 2. The maximum absolute atomic E-state index is 13.9. The number of hydrogen-bond donors (Lipinski definition) is 1. The lowest BCUT2D eigenvalue weighted by molar-refractivity contribution is -0.140. The maximum atomic E-state index is 13.9. The first-order valence-corrected chi connectivity index (χ1v) is 14.4. The summed E-state index contributed by atoms with van der Waals surface area (Å²) in [5.74, 6) is -0.975. The molecule has 1 atom stereocenters. The van der Waals surface area contributed by atoms with E-state index in [9.17, 15) is 18.0 Å². The smallest absolute Gasteiger partial charge is 0.264 e. The first kappa shape index (κ1) is 29.8. The number of benzene rings is 3. The van der Waals surface area contributed by atoms with Crippen molar-refractivity contribution in [2.45, 2.75) is 37.8 Å². The SMILES string of the molecule is CC[C@@H](C(=O)NC)N(Cc1ccccc1Cl)C(=O)CN(c1ccc(Cl)c(Cl)c1)S(=O)(=O)c1ccc(C)cc1. The standard InChI is InChI=1S/C27H28Cl3N3O4S/c1-4-25(27(35)31-3)32(16-19-7-5-6-8-22(19)28)26(34)17-33(20-11-14-23(29)24(30)15-20)38(36,37)21-12-9-18(2)10-13-21/h5-15,25H,4,16-17H2,1-3H3,(H,31,35)/t25-/m0/s1. The Morgan fingerprint density at radius 1 is 0.921 bits per heavy atom. The molecule has 11 heteroatoms. The molecule has 0 aromatic heterocycles. The van der Waals surface area contributed by atoms with E-state index in [4.69, 9.17) is 34.8 Å². The average molecular weight is 597 g/mol. The second-order valence-electron chi connectivity index (χ2n) is 8.57. The maximum Gasteiger partial charge on any atom is 0.264 e. The molecular weight excluding hydrogens is 569 g/mol. The number of nitrogens with zero attached hydrogens (tertiary/aromatic N) is 2. The second-order valence-corrected chi connectivity index (χ2v) is 11.7. The van der Waals surface area contributed by atoms with Gasteiger partial charge >= 0.3 is 0 Å². The van der Waals surface area contributed by atoms with E-state index in [1.54, 1.807) is 43.3 Å². The van der Waals surface area contributed by atoms with Crippen LogP contribution >= 0.6 is 34.8 Å². The molecule has 0 saturated heterocycles. The molecule has 0 radical (unpaired) electrons. The molecule has 0 bridgehead atoms. The molecule has 2 amide bonds. The van der Waals surface area contributed by atoms with Gasteiger partial charge in [-0.3, -0.25) is 13.9 Å². The number of anilines is 1. The van der Waals surface area contributed by atoms with Crippen molar-refractivity contribution in [1.82, 2.24) is 10.2 Å². The van der Waals surface area contributed by atoms with Crippen LogP contribution in [0.4, 0.5) is 5.69 Å². The summed E-state index contributed by atoms with van der Waals surface area (Å²) in [6.07, 6.45) is 0.299. The predicted octanol–water partition coefficient (Wildman–Crippen LogP) is 5.70. The highest BCUT2D eigenvalue weighted by Crippen LogP contribution is 2.31. The lowest BCUT2D eigenvalue weighted by Gasteiger charge is -2.33. The van der Waals surface area contributed by atoms with Gasteiger partial charge in [-0.25, -0.2) is 8.42 Å². The molecule has 0 spiro atoms. The number of halogens is 3. The number of nitrogens with one attached hydrogen (secondary N) is 1. The molecule has 0 aliphatic heterocycles. The first-order chi connectivity index (χ1) is 18.0. The molecule has 0 aliphatic carbocycles. The third kappa shape index (κ3) is 6.80. The molecule has 7 nitrogen and oxygen atoms in total. The Balaban J connectivity index is 2.10. The highest BCUT2D eigenvalue weighted by molar-refractivity contribution is 7.92. The van der Waals surface area contributed by atoms with Gasteiger partial charge in [0.15, 0.2) is 0 Å². The number of likely N-dealkylation sites (N-methyl/N-ethyl adjacent to an activating group) is 1. The lowest BCUT2D eigenvalue weighted by Crippen LogP contribution is -2.51. The van der Waals surface area contributed by atoms with E-state index in [0.29, 0.717) is 17.0 Å². The summed E-state index contributed by atoms with van der Waals surface area (Å²) in [6.45, 7) is 3.02. The van der Waals surface area contributed by atoms with Gasteiger partial charge in [0.1, 0.15) is 12.6 Å². The largest absolute Gasteiger partial charge is 0.357 e. The Morgan fingerprint density at radius 3 is 2.16 bits per heavy atom. The summed E-state index contributed by atoms with van der Waals surface area (Å²) in [6, 6.07) is 16.7. The van der Waals surface area contributed by atoms with Crippen molar-refractivity contribution < 1.29 is 18.0 Å². The van der Waals surface area contributed by atoms with Crippen molar-refractivity contribution in [3.8, 4) is 0 Å². The molecule has 3 rings (SSSR count). The number of amides is 2. The van der Waals surface area contributed by atoms with Gasteiger partial charge in [0.25, 0.3) is 10.0 Å². The zero-order valence-electron chi connectivity index (χ0n) is 21.1. The van der Waals surface area contributed by atoms with E-state index in [-0.39, 0.29) is 33.1 Å². The number of sulfonamides is 1. The fourth-order valence-electron chi connectivity index (χ4n) is 3.90. The zero-order chi connectivity index (χ0) is 28.0. The number of hydrogen-bond acceptors (Lipinski definition) is 4. The topological polar surface area (TPSA) is 86.8 Å². The van der Waals surface area contributed by atoms with Crippen LogP contribution < -0.4 is 9.62 Å². The van der Waals surface area contributed by atoms with Gasteiger partial charge in [-0.2, -0.15) is 0 Å². The van der Waals surface area contributed by atoms with Gasteiger partial charge in [-0.05, 0) is 55.3 Å². The van der Waals surface area contributed by atoms with Crippen LogP contribution in [0.25, 0.3) is 0 Å². The lowest BCUT2D eigenvalue weighted by atomic mass is 10.1. The van der Waals surface area contributed by atoms with Gasteiger partial charge in [-0.1, -0.05) is 77.6 Å².